The molecule has 2 aromatic carbocycles. The Morgan fingerprint density at radius 3 is 2.44 bits per heavy atom. The maximum atomic E-state index is 12.8. The number of hydrogen-bond donors (Lipinski definition) is 1. The van der Waals surface area contributed by atoms with Crippen LogP contribution >= 0.6 is 11.6 Å². The predicted octanol–water partition coefficient (Wildman–Crippen LogP) is 5.69. The summed E-state index contributed by atoms with van der Waals surface area (Å²) in [4.78, 5) is 0. The molecule has 0 bridgehead atoms. The summed E-state index contributed by atoms with van der Waals surface area (Å²) in [6, 6.07) is 11.1. The van der Waals surface area contributed by atoms with Crippen LogP contribution in [0.3, 0.4) is 0 Å². The summed E-state index contributed by atoms with van der Waals surface area (Å²) in [5, 5.41) is -0.320. The summed E-state index contributed by atoms with van der Waals surface area (Å²) in [5.74, 6) is 0.577. The number of hydrogen-bond acceptors (Lipinski definition) is 2. The lowest BCUT2D eigenvalue weighted by molar-refractivity contribution is -0.137. The van der Waals surface area contributed by atoms with Crippen molar-refractivity contribution < 1.29 is 17.9 Å². The third kappa shape index (κ3) is 6.11. The van der Waals surface area contributed by atoms with Crippen LogP contribution < -0.4 is 10.5 Å². The van der Waals surface area contributed by atoms with Crippen LogP contribution in [0.15, 0.2) is 48.5 Å². The van der Waals surface area contributed by atoms with E-state index in [2.05, 4.69) is 0 Å². The fourth-order valence-corrected chi connectivity index (χ4v) is 2.36. The van der Waals surface area contributed by atoms with Gasteiger partial charge in [-0.15, -0.1) is 0 Å². The van der Waals surface area contributed by atoms with Crippen LogP contribution in [-0.2, 0) is 12.8 Å². The summed E-state index contributed by atoms with van der Waals surface area (Å²) in [6.45, 7) is 1.96. The Morgan fingerprint density at radius 2 is 1.84 bits per heavy atom. The van der Waals surface area contributed by atoms with Crippen LogP contribution in [0.5, 0.6) is 5.75 Å². The van der Waals surface area contributed by atoms with Crippen LogP contribution in [0, 0.1) is 0 Å². The van der Waals surface area contributed by atoms with Gasteiger partial charge >= 0.3 is 6.18 Å². The van der Waals surface area contributed by atoms with Crippen molar-refractivity contribution in [2.75, 3.05) is 0 Å². The zero-order valence-electron chi connectivity index (χ0n) is 13.7. The minimum Gasteiger partial charge on any atom is -0.489 e. The second-order valence-electron chi connectivity index (χ2n) is 5.79. The second kappa shape index (κ2) is 8.41. The maximum absolute atomic E-state index is 12.8. The number of nitrogens with two attached hydrogens (primary N) is 1. The van der Waals surface area contributed by atoms with Crippen LogP contribution in [0.25, 0.3) is 6.08 Å². The minimum absolute atomic E-state index is 0.0279. The number of halogens is 4. The molecule has 0 spiro atoms. The molecule has 0 aliphatic carbocycles. The van der Waals surface area contributed by atoms with Gasteiger partial charge in [-0.3, -0.25) is 0 Å². The summed E-state index contributed by atoms with van der Waals surface area (Å²) >= 11 is 5.60. The van der Waals surface area contributed by atoms with E-state index in [-0.39, 0.29) is 17.7 Å². The average molecular weight is 370 g/mol. The lowest BCUT2D eigenvalue weighted by Gasteiger charge is -2.12. The average Bonchev–Trinajstić information content (AvgIpc) is 2.54. The fourth-order valence-electron chi connectivity index (χ4n) is 2.14. The van der Waals surface area contributed by atoms with E-state index in [1.807, 2.05) is 31.2 Å². The third-order valence-corrected chi connectivity index (χ3v) is 3.77. The molecule has 2 rings (SSSR count). The van der Waals surface area contributed by atoms with E-state index in [9.17, 15) is 13.2 Å². The van der Waals surface area contributed by atoms with E-state index in [0.717, 1.165) is 18.1 Å². The molecule has 0 saturated heterocycles. The fraction of sp³-hybridized carbons (Fsp3) is 0.263. The Balaban J connectivity index is 1.99. The van der Waals surface area contributed by atoms with Gasteiger partial charge in [0.2, 0.25) is 0 Å². The molecule has 0 fully saturated rings. The Kier molecular flexibility index (Phi) is 6.51. The van der Waals surface area contributed by atoms with Crippen LogP contribution in [0.4, 0.5) is 13.2 Å². The molecule has 0 aliphatic heterocycles. The number of ether oxygens (including phenoxy) is 1. The topological polar surface area (TPSA) is 35.2 Å². The number of rotatable bonds is 6. The molecule has 25 heavy (non-hydrogen) atoms. The van der Waals surface area contributed by atoms with Gasteiger partial charge in [-0.2, -0.15) is 13.2 Å². The smallest absolute Gasteiger partial charge is 0.417 e. The van der Waals surface area contributed by atoms with Crippen molar-refractivity contribution in [1.82, 2.24) is 0 Å². The third-order valence-electron chi connectivity index (χ3n) is 3.44. The Morgan fingerprint density at radius 1 is 1.16 bits per heavy atom. The molecule has 0 aliphatic rings. The lowest BCUT2D eigenvalue weighted by Crippen LogP contribution is -2.12. The quantitative estimate of drug-likeness (QED) is 0.710. The predicted molar refractivity (Wildman–Crippen MR) is 94.5 cm³/mol. The zero-order valence-corrected chi connectivity index (χ0v) is 14.4. The lowest BCUT2D eigenvalue weighted by atomic mass is 10.1. The molecular formula is C19H19ClF3NO. The molecule has 134 valence electrons. The number of benzene rings is 2. The highest BCUT2D eigenvalue weighted by molar-refractivity contribution is 6.31. The molecule has 2 N–H and O–H groups in total. The van der Waals surface area contributed by atoms with E-state index in [0.29, 0.717) is 11.3 Å². The van der Waals surface area contributed by atoms with Gasteiger partial charge in [0.15, 0.2) is 0 Å². The Bertz CT molecular complexity index is 724. The molecule has 2 nitrogen and oxygen atoms in total. The Labute approximate surface area is 150 Å². The first kappa shape index (κ1) is 19.3. The summed E-state index contributed by atoms with van der Waals surface area (Å²) in [7, 11) is 0. The second-order valence-corrected chi connectivity index (χ2v) is 6.19. The van der Waals surface area contributed by atoms with E-state index in [1.54, 1.807) is 12.1 Å². The molecule has 0 aromatic heterocycles. The van der Waals surface area contributed by atoms with Crippen LogP contribution in [-0.4, -0.2) is 6.04 Å². The van der Waals surface area contributed by atoms with Crippen molar-refractivity contribution >= 4 is 17.7 Å². The zero-order chi connectivity index (χ0) is 18.4. The van der Waals surface area contributed by atoms with Gasteiger partial charge in [0.05, 0.1) is 10.6 Å². The van der Waals surface area contributed by atoms with E-state index >= 15 is 0 Å². The number of alkyl halides is 3. The van der Waals surface area contributed by atoms with Gasteiger partial charge in [-0.25, -0.2) is 0 Å². The molecule has 1 unspecified atom stereocenters. The first-order valence-electron chi connectivity index (χ1n) is 7.76. The maximum Gasteiger partial charge on any atom is 0.417 e. The van der Waals surface area contributed by atoms with Gasteiger partial charge in [0.25, 0.3) is 0 Å². The van der Waals surface area contributed by atoms with Gasteiger partial charge in [0, 0.05) is 6.04 Å². The highest BCUT2D eigenvalue weighted by atomic mass is 35.5. The molecule has 0 radical (unpaired) electrons. The highest BCUT2D eigenvalue weighted by Crippen LogP contribution is 2.35. The van der Waals surface area contributed by atoms with Gasteiger partial charge in [-0.1, -0.05) is 42.0 Å². The van der Waals surface area contributed by atoms with Crippen molar-refractivity contribution in [2.45, 2.75) is 32.2 Å². The first-order chi connectivity index (χ1) is 11.8. The molecule has 6 heteroatoms. The van der Waals surface area contributed by atoms with Crippen LogP contribution in [0.1, 0.15) is 30.0 Å². The summed E-state index contributed by atoms with van der Waals surface area (Å²) in [6.07, 6.45) is 0.257. The van der Waals surface area contributed by atoms with Crippen molar-refractivity contribution in [2.24, 2.45) is 5.73 Å². The molecule has 0 heterocycles. The van der Waals surface area contributed by atoms with Crippen molar-refractivity contribution in [3.05, 3.63) is 70.3 Å². The first-order valence-corrected chi connectivity index (χ1v) is 8.14. The van der Waals surface area contributed by atoms with Crippen molar-refractivity contribution in [3.8, 4) is 5.75 Å². The molecule has 1 atom stereocenters. The molecule has 2 aromatic rings. The molecule has 0 saturated carbocycles. The minimum atomic E-state index is -4.48. The monoisotopic (exact) mass is 369 g/mol. The largest absolute Gasteiger partial charge is 0.489 e. The summed E-state index contributed by atoms with van der Waals surface area (Å²) < 4.78 is 44.1. The van der Waals surface area contributed by atoms with E-state index < -0.39 is 11.7 Å². The molecule has 0 amide bonds. The SMILES string of the molecule is CC(N)CC=Cc1ccc(OCc2ccc(Cl)c(C(F)(F)F)c2)cc1. The van der Waals surface area contributed by atoms with E-state index in [4.69, 9.17) is 22.1 Å². The Hall–Kier alpha value is -1.98. The normalized spacial score (nSPS) is 13.2. The highest BCUT2D eigenvalue weighted by Gasteiger charge is 2.33. The molecular weight excluding hydrogens is 351 g/mol. The van der Waals surface area contributed by atoms with Gasteiger partial charge in [0.1, 0.15) is 12.4 Å². The van der Waals surface area contributed by atoms with E-state index in [1.165, 1.54) is 12.1 Å². The summed E-state index contributed by atoms with van der Waals surface area (Å²) in [5.41, 5.74) is 6.22. The standard InChI is InChI=1S/C19H19ClF3NO/c1-13(24)3-2-4-14-5-8-16(9-6-14)25-12-15-7-10-18(20)17(11-15)19(21,22)23/h2,4-11,13H,3,12,24H2,1H3. The van der Waals surface area contributed by atoms with Gasteiger partial charge in [-0.05, 0) is 48.7 Å². The van der Waals surface area contributed by atoms with Crippen LogP contribution in [0.2, 0.25) is 5.02 Å². The van der Waals surface area contributed by atoms with Crippen molar-refractivity contribution in [3.63, 3.8) is 0 Å². The van der Waals surface area contributed by atoms with Crippen molar-refractivity contribution in [1.29, 1.82) is 0 Å². The van der Waals surface area contributed by atoms with Gasteiger partial charge < -0.3 is 10.5 Å².